The molecular formula is C26H22BrF4N5O6. The van der Waals surface area contributed by atoms with Gasteiger partial charge in [0.15, 0.2) is 11.5 Å². The highest BCUT2D eigenvalue weighted by molar-refractivity contribution is 9.10. The lowest BCUT2D eigenvalue weighted by molar-refractivity contribution is -0.189. The number of anilines is 1. The lowest BCUT2D eigenvalue weighted by atomic mass is 10.0. The number of hydrogen-bond acceptors (Lipinski definition) is 8. The molecule has 11 nitrogen and oxygen atoms in total. The van der Waals surface area contributed by atoms with Gasteiger partial charge in [0.25, 0.3) is 11.8 Å². The Kier molecular flexibility index (Phi) is 9.95. The van der Waals surface area contributed by atoms with Crippen molar-refractivity contribution in [2.24, 2.45) is 5.73 Å². The smallest absolute Gasteiger partial charge is 0.491 e. The second kappa shape index (κ2) is 13.2. The monoisotopic (exact) mass is 655 g/mol. The number of esters is 1. The molecule has 16 heteroatoms. The van der Waals surface area contributed by atoms with Crippen LogP contribution in [0.2, 0.25) is 0 Å². The zero-order valence-corrected chi connectivity index (χ0v) is 23.3. The van der Waals surface area contributed by atoms with Crippen molar-refractivity contribution in [2.75, 3.05) is 19.5 Å². The van der Waals surface area contributed by atoms with Crippen LogP contribution < -0.4 is 36.1 Å². The molecule has 222 valence electrons. The second-order valence-electron chi connectivity index (χ2n) is 8.24. The summed E-state index contributed by atoms with van der Waals surface area (Å²) in [5.74, 6) is -6.76. The van der Waals surface area contributed by atoms with Crippen LogP contribution in [0.25, 0.3) is 0 Å². The first-order valence-electron chi connectivity index (χ1n) is 11.6. The molecule has 3 rings (SSSR count). The third-order valence-electron chi connectivity index (χ3n) is 5.51. The molecule has 42 heavy (non-hydrogen) atoms. The summed E-state index contributed by atoms with van der Waals surface area (Å²) in [4.78, 5) is 37.4. The number of nitrogen functional groups attached to an aromatic ring is 1. The molecule has 2 amide bonds. The van der Waals surface area contributed by atoms with E-state index in [4.69, 9.17) is 20.6 Å². The van der Waals surface area contributed by atoms with Gasteiger partial charge in [-0.05, 0) is 46.3 Å². The summed E-state index contributed by atoms with van der Waals surface area (Å²) in [5.41, 5.74) is 9.08. The summed E-state index contributed by atoms with van der Waals surface area (Å²) < 4.78 is 68.9. The third-order valence-corrected chi connectivity index (χ3v) is 6.20. The SMILES string of the molecule is COc1cc(F)c(C(Nc2ccc(C(=N)N)c(OC(=O)C(F)(F)F)c2)C(=O)NNC(=O)c2ccccc2Br)cc1OC. The van der Waals surface area contributed by atoms with E-state index >= 15 is 4.39 Å². The maximum atomic E-state index is 15.2. The highest BCUT2D eigenvalue weighted by atomic mass is 79.9. The predicted octanol–water partition coefficient (Wildman–Crippen LogP) is 3.97. The van der Waals surface area contributed by atoms with E-state index in [9.17, 15) is 27.6 Å². The standard InChI is InChI=1S/C26H22BrF4N5O6/c1-40-19-10-15(17(28)11-20(19)41-2)21(24(38)36-35-23(37)13-5-3-4-6-16(13)27)34-12-7-8-14(22(32)33)18(9-12)42-25(39)26(29,30)31/h3-11,21,34H,1-2H3,(H3,32,33)(H,35,37)(H,36,38). The summed E-state index contributed by atoms with van der Waals surface area (Å²) in [6.07, 6.45) is -5.37. The zero-order chi connectivity index (χ0) is 31.2. The highest BCUT2D eigenvalue weighted by Crippen LogP contribution is 2.35. The fourth-order valence-corrected chi connectivity index (χ4v) is 3.99. The van der Waals surface area contributed by atoms with Gasteiger partial charge < -0.3 is 25.3 Å². The molecule has 3 aromatic carbocycles. The maximum Gasteiger partial charge on any atom is 0.491 e. The fraction of sp³-hybridized carbons (Fsp3) is 0.154. The molecule has 6 N–H and O–H groups in total. The first-order chi connectivity index (χ1) is 19.8. The van der Waals surface area contributed by atoms with Gasteiger partial charge >= 0.3 is 12.1 Å². The van der Waals surface area contributed by atoms with Crippen molar-refractivity contribution in [3.8, 4) is 17.2 Å². The van der Waals surface area contributed by atoms with E-state index in [2.05, 4.69) is 36.8 Å². The molecule has 0 heterocycles. The normalized spacial score (nSPS) is 11.6. The van der Waals surface area contributed by atoms with Gasteiger partial charge in [-0.2, -0.15) is 13.2 Å². The quantitative estimate of drug-likeness (QED) is 0.0577. The van der Waals surface area contributed by atoms with Crippen molar-refractivity contribution >= 4 is 45.2 Å². The Morgan fingerprint density at radius 3 is 2.17 bits per heavy atom. The van der Waals surface area contributed by atoms with Crippen molar-refractivity contribution < 1.29 is 46.2 Å². The Morgan fingerprint density at radius 2 is 1.57 bits per heavy atom. The number of hydrogen-bond donors (Lipinski definition) is 5. The first-order valence-corrected chi connectivity index (χ1v) is 12.4. The second-order valence-corrected chi connectivity index (χ2v) is 9.10. The number of carbonyl (C=O) groups is 3. The van der Waals surface area contributed by atoms with Crippen LogP contribution in [0.3, 0.4) is 0 Å². The maximum absolute atomic E-state index is 15.2. The van der Waals surface area contributed by atoms with Gasteiger partial charge in [0, 0.05) is 27.9 Å². The predicted molar refractivity (Wildman–Crippen MR) is 145 cm³/mol. The lowest BCUT2D eigenvalue weighted by Crippen LogP contribution is -2.45. The molecule has 1 unspecified atom stereocenters. The molecule has 0 spiro atoms. The molecule has 0 saturated heterocycles. The van der Waals surface area contributed by atoms with Gasteiger partial charge in [0.2, 0.25) is 0 Å². The lowest BCUT2D eigenvalue weighted by Gasteiger charge is -2.22. The van der Waals surface area contributed by atoms with Gasteiger partial charge in [-0.3, -0.25) is 25.8 Å². The van der Waals surface area contributed by atoms with Crippen LogP contribution in [-0.2, 0) is 9.59 Å². The molecule has 0 aliphatic rings. The van der Waals surface area contributed by atoms with Crippen molar-refractivity contribution in [2.45, 2.75) is 12.2 Å². The van der Waals surface area contributed by atoms with E-state index in [1.807, 2.05) is 0 Å². The average Bonchev–Trinajstić information content (AvgIpc) is 2.94. The van der Waals surface area contributed by atoms with Crippen LogP contribution in [0.1, 0.15) is 27.5 Å². The molecule has 0 radical (unpaired) electrons. The minimum atomic E-state index is -5.37. The molecule has 0 saturated carbocycles. The number of halogens is 5. The molecule has 0 aliphatic heterocycles. The number of hydrazine groups is 1. The number of benzene rings is 3. The Bertz CT molecular complexity index is 1540. The van der Waals surface area contributed by atoms with Gasteiger partial charge in [-0.25, -0.2) is 9.18 Å². The van der Waals surface area contributed by atoms with Gasteiger partial charge in [0.05, 0.1) is 25.3 Å². The molecule has 0 fully saturated rings. The van der Waals surface area contributed by atoms with E-state index in [0.717, 1.165) is 24.3 Å². The summed E-state index contributed by atoms with van der Waals surface area (Å²) in [6.45, 7) is 0. The first kappa shape index (κ1) is 31.7. The van der Waals surface area contributed by atoms with Crippen LogP contribution in [0.4, 0.5) is 23.2 Å². The number of ether oxygens (including phenoxy) is 3. The van der Waals surface area contributed by atoms with E-state index in [-0.39, 0.29) is 33.9 Å². The van der Waals surface area contributed by atoms with Gasteiger partial charge in [0.1, 0.15) is 23.4 Å². The molecule has 3 aromatic rings. The molecule has 1 atom stereocenters. The van der Waals surface area contributed by atoms with Gasteiger partial charge in [-0.1, -0.05) is 12.1 Å². The minimum Gasteiger partial charge on any atom is -0.493 e. The van der Waals surface area contributed by atoms with E-state index in [1.54, 1.807) is 18.2 Å². The van der Waals surface area contributed by atoms with Crippen molar-refractivity contribution in [3.05, 3.63) is 81.6 Å². The average molecular weight is 656 g/mol. The molecule has 0 aliphatic carbocycles. The molecule has 0 aromatic heterocycles. The number of amides is 2. The van der Waals surface area contributed by atoms with Crippen LogP contribution in [0, 0.1) is 11.2 Å². The van der Waals surface area contributed by atoms with Crippen LogP contribution in [0.15, 0.2) is 59.1 Å². The number of amidine groups is 1. The third kappa shape index (κ3) is 7.45. The van der Waals surface area contributed by atoms with E-state index in [1.165, 1.54) is 26.4 Å². The zero-order valence-electron chi connectivity index (χ0n) is 21.7. The van der Waals surface area contributed by atoms with E-state index in [0.29, 0.717) is 4.47 Å². The van der Waals surface area contributed by atoms with Crippen LogP contribution in [-0.4, -0.2) is 44.0 Å². The summed E-state index contributed by atoms with van der Waals surface area (Å²) in [6, 6.07) is 9.82. The Labute approximate surface area is 243 Å². The molecule has 0 bridgehead atoms. The summed E-state index contributed by atoms with van der Waals surface area (Å²) in [7, 11) is 2.53. The number of nitrogens with one attached hydrogen (secondary N) is 4. The van der Waals surface area contributed by atoms with Gasteiger partial charge in [-0.15, -0.1) is 0 Å². The molecular weight excluding hydrogens is 634 g/mol. The fourth-order valence-electron chi connectivity index (χ4n) is 3.52. The Hall–Kier alpha value is -4.86. The number of methoxy groups -OCH3 is 2. The number of carbonyl (C=O) groups excluding carboxylic acids is 3. The van der Waals surface area contributed by atoms with Crippen molar-refractivity contribution in [1.29, 1.82) is 5.41 Å². The van der Waals surface area contributed by atoms with E-state index < -0.39 is 47.4 Å². The number of nitrogens with two attached hydrogens (primary N) is 1. The van der Waals surface area contributed by atoms with Crippen molar-refractivity contribution in [3.63, 3.8) is 0 Å². The van der Waals surface area contributed by atoms with Crippen LogP contribution >= 0.6 is 15.9 Å². The summed E-state index contributed by atoms with van der Waals surface area (Å²) >= 11 is 3.21. The Balaban J connectivity index is 2.02. The topological polar surface area (TPSA) is 165 Å². The van der Waals surface area contributed by atoms with Crippen molar-refractivity contribution in [1.82, 2.24) is 10.9 Å². The Morgan fingerprint density at radius 1 is 0.929 bits per heavy atom. The van der Waals surface area contributed by atoms with Crippen LogP contribution in [0.5, 0.6) is 17.2 Å². The number of rotatable bonds is 9. The number of alkyl halides is 3. The largest absolute Gasteiger partial charge is 0.493 e. The minimum absolute atomic E-state index is 0.00713. The summed E-state index contributed by atoms with van der Waals surface area (Å²) in [5, 5.41) is 10.2. The highest BCUT2D eigenvalue weighted by Gasteiger charge is 2.42.